The molecule has 0 aliphatic heterocycles. The third-order valence-corrected chi connectivity index (χ3v) is 7.63. The normalized spacial score (nSPS) is 18.8. The molecule has 4 rings (SSSR count). The van der Waals surface area contributed by atoms with E-state index in [0.29, 0.717) is 17.9 Å². The van der Waals surface area contributed by atoms with E-state index in [1.54, 1.807) is 0 Å². The lowest BCUT2D eigenvalue weighted by molar-refractivity contribution is 0.107. The van der Waals surface area contributed by atoms with E-state index in [-0.39, 0.29) is 0 Å². The van der Waals surface area contributed by atoms with Crippen molar-refractivity contribution in [2.24, 2.45) is 0 Å². The topological polar surface area (TPSA) is 76.7 Å². The third kappa shape index (κ3) is 6.56. The number of hydrogen-bond donors (Lipinski definition) is 2. The molecule has 2 aromatic rings. The smallest absolute Gasteiger partial charge is 0.410 e. The minimum atomic E-state index is -0.422. The molecule has 0 heterocycles. The monoisotopic (exact) mass is 478 g/mol. The van der Waals surface area contributed by atoms with Crippen molar-refractivity contribution >= 4 is 12.2 Å². The molecule has 0 radical (unpaired) electrons. The van der Waals surface area contributed by atoms with Gasteiger partial charge in [-0.2, -0.15) is 0 Å². The minimum absolute atomic E-state index is 0.411. The molecule has 0 atom stereocenters. The molecule has 0 saturated heterocycles. The molecule has 6 nitrogen and oxygen atoms in total. The van der Waals surface area contributed by atoms with Crippen LogP contribution in [0.1, 0.15) is 81.8 Å². The molecule has 6 heteroatoms. The van der Waals surface area contributed by atoms with Gasteiger partial charge in [0.25, 0.3) is 0 Å². The van der Waals surface area contributed by atoms with Gasteiger partial charge in [-0.05, 0) is 69.2 Å². The zero-order chi connectivity index (χ0) is 24.7. The summed E-state index contributed by atoms with van der Waals surface area (Å²) in [6.07, 6.45) is 9.88. The molecular formula is C29H38N2O4. The number of ether oxygens (including phenoxy) is 2. The largest absolute Gasteiger partial charge is 0.413 e. The number of nitrogens with one attached hydrogen (secondary N) is 2. The summed E-state index contributed by atoms with van der Waals surface area (Å²) in [6, 6.07) is 15.1. The van der Waals surface area contributed by atoms with E-state index in [1.165, 1.54) is 0 Å². The molecular weight excluding hydrogens is 440 g/mol. The number of benzene rings is 2. The van der Waals surface area contributed by atoms with Crippen LogP contribution in [0.5, 0.6) is 11.5 Å². The van der Waals surface area contributed by atoms with Crippen molar-refractivity contribution in [2.75, 3.05) is 0 Å². The van der Waals surface area contributed by atoms with Gasteiger partial charge in [-0.15, -0.1) is 0 Å². The minimum Gasteiger partial charge on any atom is -0.410 e. The zero-order valence-corrected chi connectivity index (χ0v) is 21.0. The van der Waals surface area contributed by atoms with Crippen LogP contribution in [-0.4, -0.2) is 23.3 Å². The SMILES string of the molecule is Cc1ccccc1OC(=O)NC1(CC2(NC(=O)Oc3ccccc3C)CCCCC2)CCCCC1. The maximum Gasteiger partial charge on any atom is 0.413 e. The number of aryl methyl sites for hydroxylation is 2. The number of carbonyl (C=O) groups excluding carboxylic acids is 2. The lowest BCUT2D eigenvalue weighted by Gasteiger charge is -2.47. The van der Waals surface area contributed by atoms with Crippen molar-refractivity contribution in [2.45, 2.75) is 95.6 Å². The van der Waals surface area contributed by atoms with Crippen molar-refractivity contribution in [1.82, 2.24) is 10.6 Å². The molecule has 2 saturated carbocycles. The lowest BCUT2D eigenvalue weighted by Crippen LogP contribution is -2.60. The lowest BCUT2D eigenvalue weighted by atomic mass is 9.68. The van der Waals surface area contributed by atoms with Crippen LogP contribution >= 0.6 is 0 Å². The molecule has 2 amide bonds. The molecule has 0 aromatic heterocycles. The number of amides is 2. The molecule has 2 aromatic carbocycles. The van der Waals surface area contributed by atoms with Crippen molar-refractivity contribution in [3.8, 4) is 11.5 Å². The van der Waals surface area contributed by atoms with Crippen LogP contribution in [0.4, 0.5) is 9.59 Å². The van der Waals surface area contributed by atoms with E-state index in [9.17, 15) is 9.59 Å². The zero-order valence-electron chi connectivity index (χ0n) is 21.0. The molecule has 2 N–H and O–H groups in total. The number of para-hydroxylation sites is 2. The molecule has 35 heavy (non-hydrogen) atoms. The Morgan fingerprint density at radius 1 is 0.657 bits per heavy atom. The Labute approximate surface area is 208 Å². The van der Waals surface area contributed by atoms with E-state index in [2.05, 4.69) is 10.6 Å². The van der Waals surface area contributed by atoms with Gasteiger partial charge in [0.1, 0.15) is 11.5 Å². The van der Waals surface area contributed by atoms with Crippen LogP contribution in [0, 0.1) is 13.8 Å². The summed E-state index contributed by atoms with van der Waals surface area (Å²) in [5.74, 6) is 1.14. The summed E-state index contributed by atoms with van der Waals surface area (Å²) in [5, 5.41) is 6.52. The van der Waals surface area contributed by atoms with Crippen molar-refractivity contribution in [1.29, 1.82) is 0 Å². The summed E-state index contributed by atoms with van der Waals surface area (Å²) in [4.78, 5) is 26.1. The van der Waals surface area contributed by atoms with Crippen molar-refractivity contribution in [3.63, 3.8) is 0 Å². The maximum absolute atomic E-state index is 13.0. The fourth-order valence-corrected chi connectivity index (χ4v) is 5.82. The van der Waals surface area contributed by atoms with Crippen LogP contribution in [0.25, 0.3) is 0 Å². The Kier molecular flexibility index (Phi) is 7.99. The highest BCUT2D eigenvalue weighted by Crippen LogP contribution is 2.41. The highest BCUT2D eigenvalue weighted by molar-refractivity contribution is 5.73. The van der Waals surface area contributed by atoms with Gasteiger partial charge in [0.15, 0.2) is 0 Å². The average Bonchev–Trinajstić information content (AvgIpc) is 2.83. The first-order valence-electron chi connectivity index (χ1n) is 13.0. The maximum atomic E-state index is 13.0. The van der Waals surface area contributed by atoms with Crippen LogP contribution in [-0.2, 0) is 0 Å². The van der Waals surface area contributed by atoms with Gasteiger partial charge >= 0.3 is 12.2 Å². The van der Waals surface area contributed by atoms with E-state index in [1.807, 2.05) is 62.4 Å². The number of rotatable bonds is 6. The third-order valence-electron chi connectivity index (χ3n) is 7.63. The summed E-state index contributed by atoms with van der Waals surface area (Å²) in [7, 11) is 0. The summed E-state index contributed by atoms with van der Waals surface area (Å²) in [6.45, 7) is 3.86. The second kappa shape index (κ2) is 11.1. The predicted molar refractivity (Wildman–Crippen MR) is 137 cm³/mol. The van der Waals surface area contributed by atoms with E-state index in [0.717, 1.165) is 75.3 Å². The Hall–Kier alpha value is -3.02. The van der Waals surface area contributed by atoms with Gasteiger partial charge in [-0.1, -0.05) is 74.9 Å². The van der Waals surface area contributed by atoms with Gasteiger partial charge < -0.3 is 20.1 Å². The highest BCUT2D eigenvalue weighted by atomic mass is 16.6. The van der Waals surface area contributed by atoms with Crippen molar-refractivity contribution in [3.05, 3.63) is 59.7 Å². The molecule has 2 aliphatic rings. The fourth-order valence-electron chi connectivity index (χ4n) is 5.82. The van der Waals surface area contributed by atoms with Crippen LogP contribution in [0.3, 0.4) is 0 Å². The second-order valence-corrected chi connectivity index (χ2v) is 10.4. The quantitative estimate of drug-likeness (QED) is 0.470. The van der Waals surface area contributed by atoms with Gasteiger partial charge in [0.2, 0.25) is 0 Å². The van der Waals surface area contributed by atoms with E-state index < -0.39 is 23.3 Å². The van der Waals surface area contributed by atoms with E-state index >= 15 is 0 Å². The summed E-state index contributed by atoms with van der Waals surface area (Å²) < 4.78 is 11.4. The molecule has 188 valence electrons. The molecule has 0 spiro atoms. The predicted octanol–water partition coefficient (Wildman–Crippen LogP) is 6.98. The van der Waals surface area contributed by atoms with Gasteiger partial charge in [-0.3, -0.25) is 0 Å². The van der Waals surface area contributed by atoms with Gasteiger partial charge in [-0.25, -0.2) is 9.59 Å². The highest BCUT2D eigenvalue weighted by Gasteiger charge is 2.45. The van der Waals surface area contributed by atoms with Crippen LogP contribution < -0.4 is 20.1 Å². The second-order valence-electron chi connectivity index (χ2n) is 10.4. The van der Waals surface area contributed by atoms with E-state index in [4.69, 9.17) is 9.47 Å². The first-order chi connectivity index (χ1) is 16.9. The summed E-state index contributed by atoms with van der Waals surface area (Å²) >= 11 is 0. The molecule has 0 unspecified atom stereocenters. The molecule has 2 fully saturated rings. The first kappa shape index (κ1) is 25.1. The first-order valence-corrected chi connectivity index (χ1v) is 13.0. The van der Waals surface area contributed by atoms with Gasteiger partial charge in [0, 0.05) is 11.1 Å². The Morgan fingerprint density at radius 3 is 1.40 bits per heavy atom. The van der Waals surface area contributed by atoms with Crippen LogP contribution in [0.2, 0.25) is 0 Å². The fraction of sp³-hybridized carbons (Fsp3) is 0.517. The number of hydrogen-bond acceptors (Lipinski definition) is 4. The Balaban J connectivity index is 1.50. The number of carbonyl (C=O) groups is 2. The van der Waals surface area contributed by atoms with Gasteiger partial charge in [0.05, 0.1) is 0 Å². The summed E-state index contributed by atoms with van der Waals surface area (Å²) in [5.41, 5.74) is 1.02. The van der Waals surface area contributed by atoms with Crippen LogP contribution in [0.15, 0.2) is 48.5 Å². The molecule has 2 aliphatic carbocycles. The average molecular weight is 479 g/mol. The molecule has 0 bridgehead atoms. The Bertz CT molecular complexity index is 941. The van der Waals surface area contributed by atoms with Crippen molar-refractivity contribution < 1.29 is 19.1 Å². The standard InChI is InChI=1S/C29H38N2O4/c1-22-13-5-7-15-24(22)34-26(32)30-28(17-9-3-10-18-28)21-29(19-11-4-12-20-29)31-27(33)35-25-16-8-6-14-23(25)2/h5-8,13-16H,3-4,9-12,17-21H2,1-2H3,(H,30,32)(H,31,33). The Morgan fingerprint density at radius 2 is 1.03 bits per heavy atom.